The normalized spacial score (nSPS) is 13.6. The second-order valence-electron chi connectivity index (χ2n) is 4.47. The van der Waals surface area contributed by atoms with Crippen molar-refractivity contribution in [2.45, 2.75) is 44.7 Å². The molecule has 7 heteroatoms. The third-order valence-electron chi connectivity index (χ3n) is 2.80. The first-order valence-electron chi connectivity index (χ1n) is 5.55. The molecule has 0 aromatic carbocycles. The highest BCUT2D eigenvalue weighted by Gasteiger charge is 2.35. The lowest BCUT2D eigenvalue weighted by Gasteiger charge is -2.18. The van der Waals surface area contributed by atoms with Gasteiger partial charge in [0.15, 0.2) is 0 Å². The molecular formula is C11H17ClN2O3S. The first kappa shape index (κ1) is 15.2. The standard InChI is InChI=1S/C11H17ClN2O3S/c1-5-14-8(9(12)7(2)13-14)6-18(17)11(3,4)10(15)16/h5-6H2,1-4H3,(H,15,16). The van der Waals surface area contributed by atoms with Crippen molar-refractivity contribution >= 4 is 28.4 Å². The van der Waals surface area contributed by atoms with Gasteiger partial charge >= 0.3 is 5.97 Å². The lowest BCUT2D eigenvalue weighted by molar-refractivity contribution is -0.139. The molecule has 0 radical (unpaired) electrons. The number of carboxylic acid groups (broad SMARTS) is 1. The number of halogens is 1. The van der Waals surface area contributed by atoms with Crippen LogP contribution in [0.3, 0.4) is 0 Å². The van der Waals surface area contributed by atoms with Crippen LogP contribution in [0.4, 0.5) is 0 Å². The van der Waals surface area contributed by atoms with Gasteiger partial charge in [0.2, 0.25) is 0 Å². The molecule has 1 unspecified atom stereocenters. The van der Waals surface area contributed by atoms with E-state index >= 15 is 0 Å². The van der Waals surface area contributed by atoms with E-state index in [2.05, 4.69) is 5.10 Å². The van der Waals surface area contributed by atoms with E-state index in [4.69, 9.17) is 16.7 Å². The van der Waals surface area contributed by atoms with Gasteiger partial charge in [0.1, 0.15) is 4.75 Å². The van der Waals surface area contributed by atoms with Gasteiger partial charge in [-0.2, -0.15) is 5.10 Å². The Labute approximate surface area is 114 Å². The van der Waals surface area contributed by atoms with Crippen molar-refractivity contribution in [1.29, 1.82) is 0 Å². The maximum Gasteiger partial charge on any atom is 0.321 e. The first-order chi connectivity index (χ1) is 8.21. The summed E-state index contributed by atoms with van der Waals surface area (Å²) >= 11 is 6.10. The van der Waals surface area contributed by atoms with Gasteiger partial charge in [-0.05, 0) is 27.7 Å². The number of nitrogens with zero attached hydrogens (tertiary/aromatic N) is 2. The van der Waals surface area contributed by atoms with E-state index in [1.54, 1.807) is 11.6 Å². The van der Waals surface area contributed by atoms with Crippen molar-refractivity contribution in [1.82, 2.24) is 9.78 Å². The molecule has 1 atom stereocenters. The van der Waals surface area contributed by atoms with E-state index in [-0.39, 0.29) is 5.75 Å². The summed E-state index contributed by atoms with van der Waals surface area (Å²) in [6.45, 7) is 7.16. The smallest absolute Gasteiger partial charge is 0.321 e. The molecule has 0 aliphatic carbocycles. The Kier molecular flexibility index (Phi) is 4.55. The molecule has 0 aliphatic heterocycles. The molecule has 1 aromatic rings. The molecule has 0 saturated heterocycles. The van der Waals surface area contributed by atoms with Crippen molar-refractivity contribution in [3.8, 4) is 0 Å². The Hall–Kier alpha value is -0.880. The molecule has 18 heavy (non-hydrogen) atoms. The molecular weight excluding hydrogens is 276 g/mol. The molecule has 0 fully saturated rings. The third kappa shape index (κ3) is 2.75. The second-order valence-corrected chi connectivity index (χ2v) is 6.85. The van der Waals surface area contributed by atoms with E-state index in [1.807, 2.05) is 6.92 Å². The molecule has 1 heterocycles. The summed E-state index contributed by atoms with van der Waals surface area (Å²) in [5.74, 6) is -0.997. The number of hydrogen-bond acceptors (Lipinski definition) is 3. The van der Waals surface area contributed by atoms with Crippen molar-refractivity contribution < 1.29 is 14.1 Å². The van der Waals surface area contributed by atoms with Crippen LogP contribution in [0.1, 0.15) is 32.2 Å². The molecule has 0 spiro atoms. The predicted octanol–water partition coefficient (Wildman–Crippen LogP) is 1.98. The van der Waals surface area contributed by atoms with E-state index in [0.717, 1.165) is 0 Å². The minimum absolute atomic E-state index is 0.0901. The summed E-state index contributed by atoms with van der Waals surface area (Å²) < 4.78 is 12.5. The van der Waals surface area contributed by atoms with Gasteiger partial charge in [-0.25, -0.2) is 0 Å². The fraction of sp³-hybridized carbons (Fsp3) is 0.636. The summed E-state index contributed by atoms with van der Waals surface area (Å²) in [7, 11) is -1.57. The van der Waals surface area contributed by atoms with Crippen LogP contribution >= 0.6 is 11.6 Å². The first-order valence-corrected chi connectivity index (χ1v) is 7.25. The number of aromatic nitrogens is 2. The Bertz CT molecular complexity index is 497. The molecule has 1 rings (SSSR count). The monoisotopic (exact) mass is 292 g/mol. The minimum Gasteiger partial charge on any atom is -0.480 e. The van der Waals surface area contributed by atoms with Crippen LogP contribution in [0.5, 0.6) is 0 Å². The summed E-state index contributed by atoms with van der Waals surface area (Å²) in [5.41, 5.74) is 1.29. The number of hydrogen-bond donors (Lipinski definition) is 1. The zero-order valence-electron chi connectivity index (χ0n) is 10.9. The molecule has 0 bridgehead atoms. The van der Waals surface area contributed by atoms with Crippen LogP contribution in [-0.2, 0) is 27.9 Å². The molecule has 102 valence electrons. The summed E-state index contributed by atoms with van der Waals surface area (Å²) in [5, 5.41) is 13.7. The number of rotatable bonds is 5. The van der Waals surface area contributed by atoms with Crippen molar-refractivity contribution in [2.24, 2.45) is 0 Å². The molecule has 1 N–H and O–H groups in total. The zero-order chi connectivity index (χ0) is 14.1. The van der Waals surface area contributed by atoms with Gasteiger partial charge in [0, 0.05) is 17.3 Å². The van der Waals surface area contributed by atoms with Crippen LogP contribution in [0.15, 0.2) is 0 Å². The maximum absolute atomic E-state index is 12.1. The highest BCUT2D eigenvalue weighted by Crippen LogP contribution is 2.25. The molecule has 1 aromatic heterocycles. The zero-order valence-corrected chi connectivity index (χ0v) is 12.4. The van der Waals surface area contributed by atoms with Crippen LogP contribution in [0, 0.1) is 6.92 Å². The number of carbonyl (C=O) groups is 1. The van der Waals surface area contributed by atoms with Gasteiger partial charge in [0.05, 0.1) is 22.2 Å². The van der Waals surface area contributed by atoms with Crippen LogP contribution < -0.4 is 0 Å². The molecule has 5 nitrogen and oxygen atoms in total. The average molecular weight is 293 g/mol. The van der Waals surface area contributed by atoms with Gasteiger partial charge in [0.25, 0.3) is 0 Å². The van der Waals surface area contributed by atoms with Crippen molar-refractivity contribution in [3.63, 3.8) is 0 Å². The topological polar surface area (TPSA) is 72.2 Å². The minimum atomic E-state index is -1.57. The third-order valence-corrected chi connectivity index (χ3v) is 5.15. The van der Waals surface area contributed by atoms with E-state index < -0.39 is 21.5 Å². The Balaban J connectivity index is 3.06. The fourth-order valence-electron chi connectivity index (χ4n) is 1.41. The summed E-state index contributed by atoms with van der Waals surface area (Å²) in [4.78, 5) is 11.0. The number of aliphatic carboxylic acids is 1. The maximum atomic E-state index is 12.1. The van der Waals surface area contributed by atoms with Gasteiger partial charge in [-0.1, -0.05) is 11.6 Å². The van der Waals surface area contributed by atoms with Gasteiger partial charge < -0.3 is 5.11 Å². The van der Waals surface area contributed by atoms with Crippen molar-refractivity contribution in [3.05, 3.63) is 16.4 Å². The van der Waals surface area contributed by atoms with E-state index in [9.17, 15) is 9.00 Å². The molecule has 0 aliphatic rings. The SMILES string of the molecule is CCn1nc(C)c(Cl)c1CS(=O)C(C)(C)C(=O)O. The predicted molar refractivity (Wildman–Crippen MR) is 71.2 cm³/mol. The molecule has 0 amide bonds. The van der Waals surface area contributed by atoms with Crippen LogP contribution in [0.2, 0.25) is 5.02 Å². The Morgan fingerprint density at radius 2 is 2.11 bits per heavy atom. The summed E-state index contributed by atoms with van der Waals surface area (Å²) in [6.07, 6.45) is 0. The highest BCUT2D eigenvalue weighted by atomic mass is 35.5. The largest absolute Gasteiger partial charge is 0.480 e. The lowest BCUT2D eigenvalue weighted by Crippen LogP contribution is -2.37. The second kappa shape index (κ2) is 5.40. The lowest BCUT2D eigenvalue weighted by atomic mass is 10.2. The van der Waals surface area contributed by atoms with Gasteiger partial charge in [-0.15, -0.1) is 0 Å². The van der Waals surface area contributed by atoms with Crippen LogP contribution in [0.25, 0.3) is 0 Å². The van der Waals surface area contributed by atoms with Crippen molar-refractivity contribution in [2.75, 3.05) is 0 Å². The van der Waals surface area contributed by atoms with E-state index in [0.29, 0.717) is 23.0 Å². The Morgan fingerprint density at radius 3 is 2.56 bits per heavy atom. The molecule has 0 saturated carbocycles. The van der Waals surface area contributed by atoms with Crippen LogP contribution in [-0.4, -0.2) is 29.8 Å². The fourth-order valence-corrected chi connectivity index (χ4v) is 2.79. The quantitative estimate of drug-likeness (QED) is 0.900. The van der Waals surface area contributed by atoms with Gasteiger partial charge in [-0.3, -0.25) is 13.7 Å². The number of aryl methyl sites for hydroxylation is 2. The average Bonchev–Trinajstić information content (AvgIpc) is 2.56. The summed E-state index contributed by atoms with van der Waals surface area (Å²) in [6, 6.07) is 0. The Morgan fingerprint density at radius 1 is 1.56 bits per heavy atom. The van der Waals surface area contributed by atoms with E-state index in [1.165, 1.54) is 13.8 Å². The highest BCUT2D eigenvalue weighted by molar-refractivity contribution is 7.86. The number of carboxylic acids is 1.